The summed E-state index contributed by atoms with van der Waals surface area (Å²) < 4.78 is 11.0. The lowest BCUT2D eigenvalue weighted by Crippen LogP contribution is -2.05. The smallest absolute Gasteiger partial charge is 0.336 e. The van der Waals surface area contributed by atoms with E-state index in [1.807, 2.05) is 26.0 Å². The van der Waals surface area contributed by atoms with Crippen LogP contribution in [0.3, 0.4) is 0 Å². The van der Waals surface area contributed by atoms with E-state index in [0.29, 0.717) is 22.5 Å². The maximum absolute atomic E-state index is 11.8. The van der Waals surface area contributed by atoms with Gasteiger partial charge < -0.3 is 9.15 Å². The molecule has 0 spiro atoms. The van der Waals surface area contributed by atoms with E-state index in [0.717, 1.165) is 16.5 Å². The van der Waals surface area contributed by atoms with E-state index in [1.54, 1.807) is 19.1 Å². The Bertz CT molecular complexity index is 1040. The van der Waals surface area contributed by atoms with Gasteiger partial charge in [0.25, 0.3) is 5.69 Å². The Morgan fingerprint density at radius 3 is 2.44 bits per heavy atom. The normalized spacial score (nSPS) is 10.8. The molecule has 0 aliphatic heterocycles. The zero-order chi connectivity index (χ0) is 18.1. The van der Waals surface area contributed by atoms with Crippen molar-refractivity contribution in [3.8, 4) is 5.75 Å². The molecule has 0 saturated heterocycles. The van der Waals surface area contributed by atoms with Crippen LogP contribution in [0.2, 0.25) is 0 Å². The highest BCUT2D eigenvalue weighted by Crippen LogP contribution is 2.26. The lowest BCUT2D eigenvalue weighted by Gasteiger charge is -2.10. The fourth-order valence-corrected chi connectivity index (χ4v) is 2.69. The van der Waals surface area contributed by atoms with Crippen molar-refractivity contribution in [2.45, 2.75) is 27.4 Å². The van der Waals surface area contributed by atoms with Crippen molar-refractivity contribution in [3.63, 3.8) is 0 Å². The van der Waals surface area contributed by atoms with Gasteiger partial charge in [0.1, 0.15) is 17.9 Å². The molecule has 0 amide bonds. The molecule has 2 aromatic carbocycles. The average molecular weight is 339 g/mol. The van der Waals surface area contributed by atoms with Gasteiger partial charge in [0, 0.05) is 28.6 Å². The molecule has 1 aromatic heterocycles. The van der Waals surface area contributed by atoms with Crippen LogP contribution in [0.25, 0.3) is 11.0 Å². The lowest BCUT2D eigenvalue weighted by molar-refractivity contribution is -0.385. The minimum Gasteiger partial charge on any atom is -0.489 e. The van der Waals surface area contributed by atoms with Crippen LogP contribution in [0.5, 0.6) is 5.75 Å². The van der Waals surface area contributed by atoms with E-state index >= 15 is 0 Å². The summed E-state index contributed by atoms with van der Waals surface area (Å²) >= 11 is 0. The van der Waals surface area contributed by atoms with Crippen LogP contribution >= 0.6 is 0 Å². The third-order valence-corrected chi connectivity index (χ3v) is 4.20. The number of nitro benzene ring substituents is 1. The van der Waals surface area contributed by atoms with Gasteiger partial charge in [0.05, 0.1) is 4.92 Å². The molecule has 25 heavy (non-hydrogen) atoms. The zero-order valence-electron chi connectivity index (χ0n) is 14.2. The Balaban J connectivity index is 1.93. The molecule has 0 aliphatic carbocycles. The van der Waals surface area contributed by atoms with Gasteiger partial charge in [0.15, 0.2) is 0 Å². The molecule has 0 radical (unpaired) electrons. The first kappa shape index (κ1) is 16.7. The number of benzene rings is 2. The molecule has 3 rings (SSSR count). The number of rotatable bonds is 4. The quantitative estimate of drug-likeness (QED) is 0.404. The predicted molar refractivity (Wildman–Crippen MR) is 94.1 cm³/mol. The van der Waals surface area contributed by atoms with Gasteiger partial charge in [0.2, 0.25) is 0 Å². The monoisotopic (exact) mass is 339 g/mol. The van der Waals surface area contributed by atoms with Crippen LogP contribution in [0, 0.1) is 30.9 Å². The van der Waals surface area contributed by atoms with Crippen LogP contribution in [0.1, 0.15) is 22.3 Å². The summed E-state index contributed by atoms with van der Waals surface area (Å²) in [5.41, 5.74) is 3.50. The maximum Gasteiger partial charge on any atom is 0.336 e. The van der Waals surface area contributed by atoms with Gasteiger partial charge in [-0.2, -0.15) is 0 Å². The van der Waals surface area contributed by atoms with Gasteiger partial charge in [-0.3, -0.25) is 10.1 Å². The van der Waals surface area contributed by atoms with E-state index in [-0.39, 0.29) is 12.3 Å². The summed E-state index contributed by atoms with van der Waals surface area (Å²) in [6, 6.07) is 9.79. The topological polar surface area (TPSA) is 82.6 Å². The second-order valence-corrected chi connectivity index (χ2v) is 6.02. The maximum atomic E-state index is 11.8. The third-order valence-electron chi connectivity index (χ3n) is 4.20. The Morgan fingerprint density at radius 1 is 1.04 bits per heavy atom. The van der Waals surface area contributed by atoms with Crippen molar-refractivity contribution >= 4 is 16.7 Å². The highest BCUT2D eigenvalue weighted by molar-refractivity contribution is 5.81. The van der Waals surface area contributed by atoms with E-state index in [2.05, 4.69) is 0 Å². The minimum absolute atomic E-state index is 0.0456. The molecule has 6 heteroatoms. The molecule has 0 bridgehead atoms. The van der Waals surface area contributed by atoms with Crippen LogP contribution in [-0.2, 0) is 6.61 Å². The molecule has 3 aromatic rings. The highest BCUT2D eigenvalue weighted by atomic mass is 16.6. The molecule has 0 fully saturated rings. The summed E-state index contributed by atoms with van der Waals surface area (Å²) in [6.07, 6.45) is 0. The standard InChI is InChI=1S/C19H17NO5/c1-11-7-16-14(9-19(21)25-18(16)8-12(11)2)10-24-15-4-5-17(20(22)23)13(3)6-15/h4-9H,10H2,1-3H3. The summed E-state index contributed by atoms with van der Waals surface area (Å²) in [4.78, 5) is 22.2. The predicted octanol–water partition coefficient (Wildman–Crippen LogP) is 4.21. The van der Waals surface area contributed by atoms with Crippen molar-refractivity contribution in [1.82, 2.24) is 0 Å². The molecule has 128 valence electrons. The van der Waals surface area contributed by atoms with E-state index in [4.69, 9.17) is 9.15 Å². The fraction of sp³-hybridized carbons (Fsp3) is 0.211. The third kappa shape index (κ3) is 3.38. The Labute approximate surface area is 143 Å². The van der Waals surface area contributed by atoms with Crippen molar-refractivity contribution in [3.05, 3.63) is 79.2 Å². The number of fused-ring (bicyclic) bond motifs is 1. The SMILES string of the molecule is Cc1cc2oc(=O)cc(COc3ccc([N+](=O)[O-])c(C)c3)c2cc1C. The Morgan fingerprint density at radius 2 is 1.76 bits per heavy atom. The number of nitro groups is 1. The largest absolute Gasteiger partial charge is 0.489 e. The second kappa shape index (κ2) is 6.39. The number of hydrogen-bond donors (Lipinski definition) is 0. The number of nitrogens with zero attached hydrogens (tertiary/aromatic N) is 1. The van der Waals surface area contributed by atoms with Gasteiger partial charge in [-0.1, -0.05) is 0 Å². The van der Waals surface area contributed by atoms with Crippen LogP contribution < -0.4 is 10.4 Å². The lowest BCUT2D eigenvalue weighted by atomic mass is 10.0. The van der Waals surface area contributed by atoms with Crippen molar-refractivity contribution in [2.75, 3.05) is 0 Å². The van der Waals surface area contributed by atoms with Crippen molar-refractivity contribution < 1.29 is 14.1 Å². The summed E-state index contributed by atoms with van der Waals surface area (Å²) in [5, 5.41) is 11.7. The van der Waals surface area contributed by atoms with Crippen molar-refractivity contribution in [1.29, 1.82) is 0 Å². The first-order valence-corrected chi connectivity index (χ1v) is 7.77. The number of hydrogen-bond acceptors (Lipinski definition) is 5. The zero-order valence-corrected chi connectivity index (χ0v) is 14.2. The van der Waals surface area contributed by atoms with Crippen LogP contribution in [0.15, 0.2) is 45.6 Å². The van der Waals surface area contributed by atoms with Crippen LogP contribution in [-0.4, -0.2) is 4.92 Å². The van der Waals surface area contributed by atoms with E-state index in [9.17, 15) is 14.9 Å². The van der Waals surface area contributed by atoms with Gasteiger partial charge >= 0.3 is 5.63 Å². The molecule has 0 N–H and O–H groups in total. The molecular weight excluding hydrogens is 322 g/mol. The summed E-state index contributed by atoms with van der Waals surface area (Å²) in [6.45, 7) is 5.77. The summed E-state index contributed by atoms with van der Waals surface area (Å²) in [5.74, 6) is 0.508. The Kier molecular flexibility index (Phi) is 4.27. The van der Waals surface area contributed by atoms with Gasteiger partial charge in [-0.25, -0.2) is 4.79 Å². The van der Waals surface area contributed by atoms with Gasteiger partial charge in [-0.05, 0) is 56.2 Å². The molecule has 0 atom stereocenters. The van der Waals surface area contributed by atoms with E-state index in [1.165, 1.54) is 12.1 Å². The van der Waals surface area contributed by atoms with Crippen LogP contribution in [0.4, 0.5) is 5.69 Å². The minimum atomic E-state index is -0.436. The number of ether oxygens (including phenoxy) is 1. The average Bonchev–Trinajstić information content (AvgIpc) is 2.54. The fourth-order valence-electron chi connectivity index (χ4n) is 2.69. The van der Waals surface area contributed by atoms with E-state index < -0.39 is 10.5 Å². The molecule has 0 aliphatic rings. The van der Waals surface area contributed by atoms with Gasteiger partial charge in [-0.15, -0.1) is 0 Å². The first-order valence-electron chi connectivity index (χ1n) is 7.77. The second-order valence-electron chi connectivity index (χ2n) is 6.02. The Hall–Kier alpha value is -3.15. The molecule has 0 unspecified atom stereocenters. The molecular formula is C19H17NO5. The molecule has 6 nitrogen and oxygen atoms in total. The molecule has 1 heterocycles. The number of aryl methyl sites for hydroxylation is 3. The first-order chi connectivity index (χ1) is 11.8. The highest BCUT2D eigenvalue weighted by Gasteiger charge is 2.12. The van der Waals surface area contributed by atoms with Crippen molar-refractivity contribution in [2.24, 2.45) is 0 Å². The summed E-state index contributed by atoms with van der Waals surface area (Å²) in [7, 11) is 0. The molecule has 0 saturated carbocycles.